The summed E-state index contributed by atoms with van der Waals surface area (Å²) in [6.07, 6.45) is 2.76. The lowest BCUT2D eigenvalue weighted by Crippen LogP contribution is -2.29. The van der Waals surface area contributed by atoms with Gasteiger partial charge in [-0.2, -0.15) is 5.10 Å². The molecule has 1 aromatic carbocycles. The maximum atomic E-state index is 12.6. The second-order valence-electron chi connectivity index (χ2n) is 7.40. The van der Waals surface area contributed by atoms with E-state index in [0.717, 1.165) is 23.4 Å². The first-order valence-corrected chi connectivity index (χ1v) is 11.5. The van der Waals surface area contributed by atoms with E-state index >= 15 is 0 Å². The van der Waals surface area contributed by atoms with Crippen molar-refractivity contribution < 1.29 is 14.3 Å². The summed E-state index contributed by atoms with van der Waals surface area (Å²) >= 11 is 1.60. The van der Waals surface area contributed by atoms with Gasteiger partial charge in [-0.15, -0.1) is 0 Å². The summed E-state index contributed by atoms with van der Waals surface area (Å²) in [5.41, 5.74) is 1.21. The number of methoxy groups -OCH3 is 1. The Kier molecular flexibility index (Phi) is 8.04. The van der Waals surface area contributed by atoms with Crippen molar-refractivity contribution in [1.29, 1.82) is 0 Å². The molecule has 0 bridgehead atoms. The van der Waals surface area contributed by atoms with Crippen molar-refractivity contribution >= 4 is 40.5 Å². The number of benzene rings is 1. The lowest BCUT2D eigenvalue weighted by Gasteiger charge is -2.12. The van der Waals surface area contributed by atoms with Crippen LogP contribution in [0.3, 0.4) is 0 Å². The van der Waals surface area contributed by atoms with E-state index in [1.54, 1.807) is 46.9 Å². The number of amides is 1. The quantitative estimate of drug-likeness (QED) is 0.271. The third kappa shape index (κ3) is 5.56. The largest absolute Gasteiger partial charge is 0.465 e. The monoisotopic (exact) mass is 456 g/mol. The van der Waals surface area contributed by atoms with E-state index in [4.69, 9.17) is 4.74 Å². The predicted octanol–water partition coefficient (Wildman–Crippen LogP) is 3.37. The molecule has 2 aromatic heterocycles. The summed E-state index contributed by atoms with van der Waals surface area (Å²) < 4.78 is 6.52. The zero-order valence-corrected chi connectivity index (χ0v) is 19.5. The molecule has 0 spiro atoms. The van der Waals surface area contributed by atoms with Gasteiger partial charge in [-0.3, -0.25) is 4.79 Å². The van der Waals surface area contributed by atoms with Gasteiger partial charge in [0.1, 0.15) is 5.82 Å². The van der Waals surface area contributed by atoms with E-state index in [1.807, 2.05) is 0 Å². The van der Waals surface area contributed by atoms with Gasteiger partial charge >= 0.3 is 5.97 Å². The van der Waals surface area contributed by atoms with Crippen molar-refractivity contribution in [2.75, 3.05) is 24.7 Å². The molecule has 0 unspecified atom stereocenters. The highest BCUT2D eigenvalue weighted by molar-refractivity contribution is 7.99. The molecule has 9 nitrogen and oxygen atoms in total. The molecular formula is C22H28N6O3S. The van der Waals surface area contributed by atoms with Crippen LogP contribution in [0.5, 0.6) is 0 Å². The SMILES string of the molecule is CCCSc1nc(NC(C)C)c2cnn(CCNC(=O)c3ccccc3C(=O)OC)c2n1. The zero-order valence-electron chi connectivity index (χ0n) is 18.7. The summed E-state index contributed by atoms with van der Waals surface area (Å²) in [7, 11) is 1.29. The molecule has 1 amide bonds. The first kappa shape index (κ1) is 23.5. The number of anilines is 1. The first-order chi connectivity index (χ1) is 15.4. The van der Waals surface area contributed by atoms with Crippen LogP contribution in [0.25, 0.3) is 11.0 Å². The van der Waals surface area contributed by atoms with Crippen molar-refractivity contribution in [3.05, 3.63) is 41.6 Å². The van der Waals surface area contributed by atoms with E-state index in [0.29, 0.717) is 23.9 Å². The van der Waals surface area contributed by atoms with Crippen LogP contribution in [0.4, 0.5) is 5.82 Å². The van der Waals surface area contributed by atoms with Gasteiger partial charge in [0.15, 0.2) is 10.8 Å². The number of hydrogen-bond donors (Lipinski definition) is 2. The average Bonchev–Trinajstić information content (AvgIpc) is 3.20. The number of carbonyl (C=O) groups is 2. The summed E-state index contributed by atoms with van der Waals surface area (Å²) in [6, 6.07) is 6.78. The van der Waals surface area contributed by atoms with Crippen molar-refractivity contribution in [2.24, 2.45) is 0 Å². The Labute approximate surface area is 191 Å². The topological polar surface area (TPSA) is 111 Å². The van der Waals surface area contributed by atoms with Gasteiger partial charge in [0.25, 0.3) is 5.91 Å². The Hall–Kier alpha value is -3.14. The highest BCUT2D eigenvalue weighted by Gasteiger charge is 2.17. The normalized spacial score (nSPS) is 11.0. The fraction of sp³-hybridized carbons (Fsp3) is 0.409. The first-order valence-electron chi connectivity index (χ1n) is 10.5. The third-order valence-electron chi connectivity index (χ3n) is 4.52. The van der Waals surface area contributed by atoms with Gasteiger partial charge in [0.2, 0.25) is 0 Å². The number of ether oxygens (including phenoxy) is 1. The molecular weight excluding hydrogens is 428 g/mol. The molecule has 32 heavy (non-hydrogen) atoms. The number of nitrogens with one attached hydrogen (secondary N) is 2. The maximum Gasteiger partial charge on any atom is 0.338 e. The Balaban J connectivity index is 1.77. The Morgan fingerprint density at radius 3 is 2.62 bits per heavy atom. The van der Waals surface area contributed by atoms with Crippen LogP contribution in [0.2, 0.25) is 0 Å². The van der Waals surface area contributed by atoms with Gasteiger partial charge in [-0.05, 0) is 32.4 Å². The van der Waals surface area contributed by atoms with Crippen LogP contribution >= 0.6 is 11.8 Å². The summed E-state index contributed by atoms with van der Waals surface area (Å²) in [6.45, 7) is 6.97. The van der Waals surface area contributed by atoms with Crippen LogP contribution in [-0.2, 0) is 11.3 Å². The van der Waals surface area contributed by atoms with E-state index in [1.165, 1.54) is 7.11 Å². The van der Waals surface area contributed by atoms with Crippen LogP contribution in [0.1, 0.15) is 47.9 Å². The lowest BCUT2D eigenvalue weighted by molar-refractivity contribution is 0.0596. The number of nitrogens with zero attached hydrogens (tertiary/aromatic N) is 4. The minimum absolute atomic E-state index is 0.217. The number of fused-ring (bicyclic) bond motifs is 1. The molecule has 170 valence electrons. The minimum Gasteiger partial charge on any atom is -0.465 e. The number of thioether (sulfide) groups is 1. The van der Waals surface area contributed by atoms with Gasteiger partial charge in [0, 0.05) is 18.3 Å². The standard InChI is InChI=1S/C22H28N6O3S/c1-5-12-32-22-26-18(25-14(2)3)17-13-24-28(19(17)27-22)11-10-23-20(29)15-8-6-7-9-16(15)21(30)31-4/h6-9,13-14H,5,10-12H2,1-4H3,(H,23,29)(H,25,26,27). The number of esters is 1. The van der Waals surface area contributed by atoms with E-state index in [9.17, 15) is 9.59 Å². The molecule has 0 saturated carbocycles. The molecule has 3 aromatic rings. The minimum atomic E-state index is -0.548. The Morgan fingerprint density at radius 1 is 1.19 bits per heavy atom. The highest BCUT2D eigenvalue weighted by Crippen LogP contribution is 2.25. The summed E-state index contributed by atoms with van der Waals surface area (Å²) in [4.78, 5) is 33.9. The molecule has 0 radical (unpaired) electrons. The van der Waals surface area contributed by atoms with E-state index in [-0.39, 0.29) is 23.1 Å². The smallest absolute Gasteiger partial charge is 0.338 e. The number of hydrogen-bond acceptors (Lipinski definition) is 8. The van der Waals surface area contributed by atoms with Crippen LogP contribution in [0.15, 0.2) is 35.6 Å². The molecule has 10 heteroatoms. The number of rotatable bonds is 10. The van der Waals surface area contributed by atoms with Gasteiger partial charge in [-0.25, -0.2) is 19.4 Å². The van der Waals surface area contributed by atoms with Crippen molar-refractivity contribution in [3.63, 3.8) is 0 Å². The predicted molar refractivity (Wildman–Crippen MR) is 125 cm³/mol. The molecule has 0 fully saturated rings. The Bertz CT molecular complexity index is 1100. The fourth-order valence-electron chi connectivity index (χ4n) is 3.08. The molecule has 3 rings (SSSR count). The molecule has 0 atom stereocenters. The van der Waals surface area contributed by atoms with E-state index in [2.05, 4.69) is 46.5 Å². The fourth-order valence-corrected chi connectivity index (χ4v) is 3.77. The molecule has 0 aliphatic rings. The second kappa shape index (κ2) is 10.9. The molecule has 2 heterocycles. The van der Waals surface area contributed by atoms with Crippen molar-refractivity contribution in [2.45, 2.75) is 44.9 Å². The van der Waals surface area contributed by atoms with Gasteiger partial charge in [0.05, 0.1) is 36.4 Å². The van der Waals surface area contributed by atoms with E-state index < -0.39 is 5.97 Å². The maximum absolute atomic E-state index is 12.6. The molecule has 0 aliphatic carbocycles. The molecule has 0 saturated heterocycles. The summed E-state index contributed by atoms with van der Waals surface area (Å²) in [5.74, 6) is 0.785. The van der Waals surface area contributed by atoms with Crippen molar-refractivity contribution in [1.82, 2.24) is 25.1 Å². The Morgan fingerprint density at radius 2 is 1.94 bits per heavy atom. The molecule has 2 N–H and O–H groups in total. The van der Waals surface area contributed by atoms with Crippen LogP contribution < -0.4 is 10.6 Å². The number of carbonyl (C=O) groups excluding carboxylic acids is 2. The average molecular weight is 457 g/mol. The lowest BCUT2D eigenvalue weighted by atomic mass is 10.1. The van der Waals surface area contributed by atoms with Crippen molar-refractivity contribution in [3.8, 4) is 0 Å². The second-order valence-corrected chi connectivity index (χ2v) is 8.46. The van der Waals surface area contributed by atoms with Gasteiger partial charge < -0.3 is 15.4 Å². The van der Waals surface area contributed by atoms with Gasteiger partial charge in [-0.1, -0.05) is 30.8 Å². The third-order valence-corrected chi connectivity index (χ3v) is 5.58. The van der Waals surface area contributed by atoms with Crippen LogP contribution in [-0.4, -0.2) is 57.1 Å². The highest BCUT2D eigenvalue weighted by atomic mass is 32.2. The summed E-state index contributed by atoms with van der Waals surface area (Å²) in [5, 5.41) is 12.2. The van der Waals surface area contributed by atoms with Crippen LogP contribution in [0, 0.1) is 0 Å². The molecule has 0 aliphatic heterocycles. The number of aromatic nitrogens is 4. The zero-order chi connectivity index (χ0) is 23.1.